The zero-order valence-electron chi connectivity index (χ0n) is 30.2. The van der Waals surface area contributed by atoms with Gasteiger partial charge in [0.05, 0.1) is 23.8 Å². The number of aromatic nitrogens is 1. The maximum atomic E-state index is 14.1. The van der Waals surface area contributed by atoms with E-state index in [9.17, 15) is 14.4 Å². The van der Waals surface area contributed by atoms with Crippen LogP contribution in [-0.2, 0) is 20.5 Å². The number of aryl methyl sites for hydroxylation is 1. The molecule has 7 rings (SSSR count). The van der Waals surface area contributed by atoms with Gasteiger partial charge in [-0.2, -0.15) is 0 Å². The number of carbonyl (C=O) groups is 3. The van der Waals surface area contributed by atoms with Crippen molar-refractivity contribution in [2.24, 2.45) is 23.2 Å². The summed E-state index contributed by atoms with van der Waals surface area (Å²) >= 11 is 0. The molecule has 3 amide bonds. The quantitative estimate of drug-likeness (QED) is 0.178. The van der Waals surface area contributed by atoms with E-state index < -0.39 is 36.5 Å². The second kappa shape index (κ2) is 14.7. The molecule has 0 unspecified atom stereocenters. The van der Waals surface area contributed by atoms with Crippen LogP contribution in [0.3, 0.4) is 0 Å². The molecule has 4 aliphatic rings. The van der Waals surface area contributed by atoms with Crippen LogP contribution in [0.4, 0.5) is 0 Å². The number of nitrogens with zero attached hydrogens (tertiary/aromatic N) is 1. The van der Waals surface area contributed by atoms with Gasteiger partial charge in [0, 0.05) is 29.3 Å². The van der Waals surface area contributed by atoms with Crippen molar-refractivity contribution in [3.63, 3.8) is 0 Å². The Hall–Kier alpha value is -3.96. The number of hydrogen-bond donors (Lipinski definition) is 3. The number of rotatable bonds is 14. The van der Waals surface area contributed by atoms with E-state index in [4.69, 9.17) is 13.8 Å². The highest BCUT2D eigenvalue weighted by Gasteiger charge is 2.68. The molecule has 266 valence electrons. The van der Waals surface area contributed by atoms with E-state index in [1.54, 1.807) is 48.7 Å². The van der Waals surface area contributed by atoms with Gasteiger partial charge < -0.3 is 29.8 Å². The highest BCUT2D eigenvalue weighted by molar-refractivity contribution is 6.48. The average Bonchev–Trinajstić information content (AvgIpc) is 3.77. The highest BCUT2D eigenvalue weighted by Crippen LogP contribution is 2.65. The van der Waals surface area contributed by atoms with Gasteiger partial charge >= 0.3 is 7.12 Å². The molecule has 0 spiro atoms. The molecule has 1 saturated heterocycles. The number of carbonyl (C=O) groups excluding carboxylic acids is 3. The lowest BCUT2D eigenvalue weighted by atomic mass is 9.43. The van der Waals surface area contributed by atoms with Crippen molar-refractivity contribution in [3.8, 4) is 11.3 Å². The van der Waals surface area contributed by atoms with E-state index in [0.717, 1.165) is 43.2 Å². The van der Waals surface area contributed by atoms with E-state index in [-0.39, 0.29) is 29.9 Å². The van der Waals surface area contributed by atoms with Gasteiger partial charge in [-0.3, -0.25) is 14.4 Å². The Bertz CT molecular complexity index is 1640. The van der Waals surface area contributed by atoms with Crippen LogP contribution in [0, 0.1) is 23.2 Å². The van der Waals surface area contributed by atoms with Crippen molar-refractivity contribution >= 4 is 24.8 Å². The van der Waals surface area contributed by atoms with Crippen molar-refractivity contribution in [2.75, 3.05) is 6.54 Å². The maximum Gasteiger partial charge on any atom is 0.481 e. The van der Waals surface area contributed by atoms with Crippen LogP contribution in [-0.4, -0.2) is 60.2 Å². The van der Waals surface area contributed by atoms with E-state index in [1.807, 2.05) is 12.1 Å². The lowest BCUT2D eigenvalue weighted by Crippen LogP contribution is -2.65. The molecule has 3 saturated carbocycles. The predicted octanol–water partition coefficient (Wildman–Crippen LogP) is 6.01. The summed E-state index contributed by atoms with van der Waals surface area (Å²) in [6.45, 7) is 13.0. The topological polar surface area (TPSA) is 132 Å². The first-order chi connectivity index (χ1) is 23.9. The summed E-state index contributed by atoms with van der Waals surface area (Å²) in [5.41, 5.74) is 2.56. The van der Waals surface area contributed by atoms with Crippen LogP contribution in [0.25, 0.3) is 11.3 Å². The lowest BCUT2D eigenvalue weighted by Gasteiger charge is -2.64. The van der Waals surface area contributed by atoms with Crippen molar-refractivity contribution in [1.82, 2.24) is 21.1 Å². The number of nitrogens with one attached hydrogen (secondary N) is 3. The van der Waals surface area contributed by atoms with Crippen molar-refractivity contribution < 1.29 is 28.2 Å². The van der Waals surface area contributed by atoms with Crippen molar-refractivity contribution in [1.29, 1.82) is 0 Å². The molecule has 6 atom stereocenters. The Labute approximate surface area is 296 Å². The second-order valence-electron chi connectivity index (χ2n) is 15.6. The molecule has 1 aromatic heterocycles. The number of unbranched alkanes of at least 4 members (excludes halogenated alkanes) is 1. The van der Waals surface area contributed by atoms with E-state index in [2.05, 4.69) is 62.6 Å². The van der Waals surface area contributed by atoms with Crippen LogP contribution in [0.15, 0.2) is 65.3 Å². The molecule has 2 aromatic carbocycles. The molecule has 2 bridgehead atoms. The highest BCUT2D eigenvalue weighted by atomic mass is 16.7. The van der Waals surface area contributed by atoms with Gasteiger partial charge in [0.25, 0.3) is 11.8 Å². The summed E-state index contributed by atoms with van der Waals surface area (Å²) in [6.07, 6.45) is 7.33. The maximum absolute atomic E-state index is 14.1. The molecule has 0 radical (unpaired) electrons. The SMILES string of the molecule is CCCCc1ccc(C(=O)N[C@@H](CNC(=O)c2ccc(-c3ccno3)cc2)C(=O)N[C@@H](CC(C)C)B2O[C@@H]3C[C@@H]4C[C@@H](C4(C)C)[C@]3(C)O2)cc1. The van der Waals surface area contributed by atoms with Gasteiger partial charge in [0.15, 0.2) is 5.76 Å². The van der Waals surface area contributed by atoms with Gasteiger partial charge in [0.1, 0.15) is 6.04 Å². The first-order valence-electron chi connectivity index (χ1n) is 18.2. The summed E-state index contributed by atoms with van der Waals surface area (Å²) in [5.74, 6) is 0.200. The Morgan fingerprint density at radius 1 is 0.940 bits per heavy atom. The zero-order valence-corrected chi connectivity index (χ0v) is 30.2. The van der Waals surface area contributed by atoms with Gasteiger partial charge in [-0.25, -0.2) is 0 Å². The van der Waals surface area contributed by atoms with Gasteiger partial charge in [-0.1, -0.05) is 70.5 Å². The first-order valence-corrected chi connectivity index (χ1v) is 18.2. The number of benzene rings is 2. The van der Waals surface area contributed by atoms with Crippen LogP contribution >= 0.6 is 0 Å². The van der Waals surface area contributed by atoms with E-state index in [1.165, 1.54) is 0 Å². The number of hydrogen-bond acceptors (Lipinski definition) is 7. The van der Waals surface area contributed by atoms with Crippen LogP contribution in [0.1, 0.15) is 99.9 Å². The molecule has 1 aliphatic heterocycles. The largest absolute Gasteiger partial charge is 0.481 e. The fourth-order valence-corrected chi connectivity index (χ4v) is 8.20. The van der Waals surface area contributed by atoms with Crippen molar-refractivity contribution in [3.05, 3.63) is 77.5 Å². The molecular formula is C39H51BN4O6. The molecule has 10 nitrogen and oxygen atoms in total. The van der Waals surface area contributed by atoms with E-state index >= 15 is 0 Å². The predicted molar refractivity (Wildman–Crippen MR) is 192 cm³/mol. The van der Waals surface area contributed by atoms with Gasteiger partial charge in [0.2, 0.25) is 5.91 Å². The molecule has 3 aromatic rings. The summed E-state index contributed by atoms with van der Waals surface area (Å²) in [5, 5.41) is 12.7. The normalized spacial score (nSPS) is 24.5. The Kier molecular flexibility index (Phi) is 10.6. The minimum atomic E-state index is -1.06. The molecule has 3 aliphatic carbocycles. The van der Waals surface area contributed by atoms with Crippen LogP contribution in [0.2, 0.25) is 0 Å². The Morgan fingerprint density at radius 2 is 1.64 bits per heavy atom. The summed E-state index contributed by atoms with van der Waals surface area (Å²) in [4.78, 5) is 40.9. The second-order valence-corrected chi connectivity index (χ2v) is 15.6. The van der Waals surface area contributed by atoms with Gasteiger partial charge in [-0.15, -0.1) is 0 Å². The number of amides is 3. The minimum absolute atomic E-state index is 0.0265. The average molecular weight is 683 g/mol. The third-order valence-electron chi connectivity index (χ3n) is 11.3. The van der Waals surface area contributed by atoms with Gasteiger partial charge in [-0.05, 0) is 92.0 Å². The fourth-order valence-electron chi connectivity index (χ4n) is 8.20. The molecule has 3 N–H and O–H groups in total. The molecule has 11 heteroatoms. The monoisotopic (exact) mass is 682 g/mol. The standard InChI is InChI=1S/C39H51BN4O6/c1-7-8-9-25-10-12-28(13-11-25)36(46)43-30(23-41-35(45)27-16-14-26(15-17-27)31-18-19-42-49-31)37(47)44-34(20-24(2)3)40-48-33-22-29-21-32(38(29,4)5)39(33,6)50-40/h10-19,24,29-30,32-34H,7-9,20-23H2,1-6H3,(H,41,45)(H,43,46)(H,44,47)/t29-,30-,32-,33+,34-,39-/m0/s1. The smallest absolute Gasteiger partial charge is 0.404 e. The lowest BCUT2D eigenvalue weighted by molar-refractivity contribution is -0.199. The fraction of sp³-hybridized carbons (Fsp3) is 0.538. The van der Waals surface area contributed by atoms with Crippen LogP contribution in [0.5, 0.6) is 0 Å². The Balaban J connectivity index is 1.17. The molecule has 2 heterocycles. The minimum Gasteiger partial charge on any atom is -0.404 e. The summed E-state index contributed by atoms with van der Waals surface area (Å²) in [7, 11) is -0.615. The molecular weight excluding hydrogens is 631 g/mol. The summed E-state index contributed by atoms with van der Waals surface area (Å²) in [6, 6.07) is 15.0. The third kappa shape index (κ3) is 7.40. The zero-order chi connectivity index (χ0) is 35.6. The molecule has 50 heavy (non-hydrogen) atoms. The first kappa shape index (κ1) is 35.9. The van der Waals surface area contributed by atoms with Crippen LogP contribution < -0.4 is 16.0 Å². The molecule has 4 fully saturated rings. The third-order valence-corrected chi connectivity index (χ3v) is 11.3. The van der Waals surface area contributed by atoms with E-state index in [0.29, 0.717) is 35.1 Å². The Morgan fingerprint density at radius 3 is 2.28 bits per heavy atom. The van der Waals surface area contributed by atoms with Crippen molar-refractivity contribution in [2.45, 2.75) is 104 Å². The summed E-state index contributed by atoms with van der Waals surface area (Å²) < 4.78 is 18.6.